The van der Waals surface area contributed by atoms with Crippen LogP contribution in [-0.2, 0) is 9.53 Å². The number of hydrogen-bond donors (Lipinski definition) is 0. The van der Waals surface area contributed by atoms with E-state index in [2.05, 4.69) is 4.99 Å². The summed E-state index contributed by atoms with van der Waals surface area (Å²) in [5.74, 6) is 0.853. The van der Waals surface area contributed by atoms with Crippen LogP contribution < -0.4 is 24.4 Å². The molecule has 0 unspecified atom stereocenters. The van der Waals surface area contributed by atoms with E-state index < -0.39 is 12.0 Å². The minimum atomic E-state index is -0.662. The fourth-order valence-electron chi connectivity index (χ4n) is 4.73. The smallest absolute Gasteiger partial charge is 0.338 e. The molecule has 4 aromatic rings. The first-order valence-electron chi connectivity index (χ1n) is 11.6. The van der Waals surface area contributed by atoms with Crippen LogP contribution in [0.2, 0.25) is 0 Å². The first-order chi connectivity index (χ1) is 17.5. The van der Waals surface area contributed by atoms with E-state index in [1.54, 1.807) is 18.4 Å². The van der Waals surface area contributed by atoms with Gasteiger partial charge in [-0.1, -0.05) is 59.9 Å². The molecule has 0 N–H and O–H groups in total. The lowest BCUT2D eigenvalue weighted by atomic mass is 9.91. The van der Waals surface area contributed by atoms with Crippen molar-refractivity contribution in [3.63, 3.8) is 0 Å². The summed E-state index contributed by atoms with van der Waals surface area (Å²) in [5, 5.41) is 1.99. The number of allylic oxidation sites excluding steroid dienone is 1. The highest BCUT2D eigenvalue weighted by atomic mass is 32.1. The molecule has 0 saturated heterocycles. The number of ether oxygens (including phenoxy) is 3. The van der Waals surface area contributed by atoms with Crippen LogP contribution >= 0.6 is 11.3 Å². The van der Waals surface area contributed by atoms with Gasteiger partial charge in [0.15, 0.2) is 16.3 Å². The molecule has 3 aromatic carbocycles. The van der Waals surface area contributed by atoms with E-state index in [9.17, 15) is 9.59 Å². The number of carbonyl (C=O) groups excluding carboxylic acids is 1. The summed E-state index contributed by atoms with van der Waals surface area (Å²) < 4.78 is 18.4. The molecule has 0 bridgehead atoms. The van der Waals surface area contributed by atoms with Crippen molar-refractivity contribution in [2.75, 3.05) is 13.4 Å². The molecule has 6 rings (SSSR count). The fourth-order valence-corrected chi connectivity index (χ4v) is 5.78. The second-order valence-corrected chi connectivity index (χ2v) is 9.49. The van der Waals surface area contributed by atoms with Gasteiger partial charge >= 0.3 is 5.97 Å². The molecule has 3 heterocycles. The van der Waals surface area contributed by atoms with E-state index >= 15 is 0 Å². The van der Waals surface area contributed by atoms with E-state index in [0.29, 0.717) is 32.1 Å². The molecule has 0 amide bonds. The molecular weight excluding hydrogens is 476 g/mol. The summed E-state index contributed by atoms with van der Waals surface area (Å²) >= 11 is 1.29. The van der Waals surface area contributed by atoms with E-state index in [0.717, 1.165) is 21.9 Å². The van der Waals surface area contributed by atoms with Crippen molar-refractivity contribution in [2.24, 2.45) is 4.99 Å². The van der Waals surface area contributed by atoms with Crippen molar-refractivity contribution >= 4 is 34.2 Å². The van der Waals surface area contributed by atoms with Gasteiger partial charge in [0.2, 0.25) is 6.79 Å². The third-order valence-electron chi connectivity index (χ3n) is 6.33. The Morgan fingerprint density at radius 2 is 1.94 bits per heavy atom. The van der Waals surface area contributed by atoms with Crippen LogP contribution in [0.1, 0.15) is 31.0 Å². The summed E-state index contributed by atoms with van der Waals surface area (Å²) in [6, 6.07) is 18.8. The maximum atomic E-state index is 13.9. The fraction of sp³-hybridized carbons (Fsp3) is 0.179. The van der Waals surface area contributed by atoms with Gasteiger partial charge in [0.05, 0.1) is 28.5 Å². The average molecular weight is 499 g/mol. The molecule has 0 radical (unpaired) electrons. The maximum absolute atomic E-state index is 13.9. The van der Waals surface area contributed by atoms with Gasteiger partial charge in [-0.3, -0.25) is 9.36 Å². The van der Waals surface area contributed by atoms with E-state index in [4.69, 9.17) is 14.2 Å². The van der Waals surface area contributed by atoms with Crippen molar-refractivity contribution in [2.45, 2.75) is 19.9 Å². The molecule has 0 spiro atoms. The van der Waals surface area contributed by atoms with Crippen LogP contribution in [0.25, 0.3) is 16.8 Å². The van der Waals surface area contributed by atoms with Gasteiger partial charge in [-0.15, -0.1) is 0 Å². The van der Waals surface area contributed by atoms with Crippen LogP contribution in [0.5, 0.6) is 11.5 Å². The quantitative estimate of drug-likeness (QED) is 0.401. The lowest BCUT2D eigenvalue weighted by molar-refractivity contribution is -0.139. The largest absolute Gasteiger partial charge is 0.463 e. The Morgan fingerprint density at radius 1 is 1.14 bits per heavy atom. The van der Waals surface area contributed by atoms with Crippen LogP contribution in [0.15, 0.2) is 81.7 Å². The van der Waals surface area contributed by atoms with Gasteiger partial charge in [0.25, 0.3) is 5.56 Å². The van der Waals surface area contributed by atoms with E-state index in [1.165, 1.54) is 11.3 Å². The number of aromatic nitrogens is 1. The zero-order chi connectivity index (χ0) is 24.8. The van der Waals surface area contributed by atoms with Crippen LogP contribution in [0.4, 0.5) is 0 Å². The van der Waals surface area contributed by atoms with Crippen LogP contribution in [0, 0.1) is 0 Å². The lowest BCUT2D eigenvalue weighted by Crippen LogP contribution is -2.40. The van der Waals surface area contributed by atoms with Crippen molar-refractivity contribution in [3.05, 3.63) is 103 Å². The third-order valence-corrected chi connectivity index (χ3v) is 7.31. The summed E-state index contributed by atoms with van der Waals surface area (Å²) in [7, 11) is 0. The number of nitrogens with zero attached hydrogens (tertiary/aromatic N) is 2. The Bertz CT molecular complexity index is 1740. The van der Waals surface area contributed by atoms with Crippen molar-refractivity contribution in [1.29, 1.82) is 0 Å². The van der Waals surface area contributed by atoms with Crippen molar-refractivity contribution < 1.29 is 19.0 Å². The topological polar surface area (TPSA) is 79.1 Å². The average Bonchev–Trinajstić information content (AvgIpc) is 3.47. The number of esters is 1. The predicted molar refractivity (Wildman–Crippen MR) is 137 cm³/mol. The lowest BCUT2D eigenvalue weighted by Gasteiger charge is -2.25. The Labute approximate surface area is 210 Å². The predicted octanol–water partition coefficient (Wildman–Crippen LogP) is 3.68. The molecule has 2 aliphatic heterocycles. The molecule has 1 atom stereocenters. The van der Waals surface area contributed by atoms with Gasteiger partial charge in [-0.25, -0.2) is 9.79 Å². The van der Waals surface area contributed by atoms with Gasteiger partial charge in [0, 0.05) is 0 Å². The van der Waals surface area contributed by atoms with E-state index in [-0.39, 0.29) is 19.0 Å². The normalized spacial score (nSPS) is 16.7. The highest BCUT2D eigenvalue weighted by Gasteiger charge is 2.34. The Balaban J connectivity index is 1.59. The standard InChI is InChI=1S/C28H22N2O5S/c1-3-33-27(32)24-16(2)29-28-30(25(24)20-10-6-8-18-7-4-5-9-19(18)20)26(31)23(36-28)14-17-11-12-21-22(13-17)35-15-34-21/h4-14,25H,3,15H2,1-2H3/b23-14+/t25-/m1/s1. The molecular formula is C28H22N2O5S. The van der Waals surface area contributed by atoms with Crippen molar-refractivity contribution in [1.82, 2.24) is 4.57 Å². The first kappa shape index (κ1) is 22.3. The van der Waals surface area contributed by atoms with Crippen molar-refractivity contribution in [3.8, 4) is 11.5 Å². The molecule has 2 aliphatic rings. The van der Waals surface area contributed by atoms with Crippen LogP contribution in [0.3, 0.4) is 0 Å². The third kappa shape index (κ3) is 3.61. The number of rotatable bonds is 4. The minimum absolute atomic E-state index is 0.182. The number of benzene rings is 3. The molecule has 0 aliphatic carbocycles. The Morgan fingerprint density at radius 3 is 2.81 bits per heavy atom. The molecule has 180 valence electrons. The van der Waals surface area contributed by atoms with Crippen LogP contribution in [-0.4, -0.2) is 23.9 Å². The second-order valence-electron chi connectivity index (χ2n) is 8.48. The Kier molecular flexibility index (Phi) is 5.45. The highest BCUT2D eigenvalue weighted by molar-refractivity contribution is 7.07. The monoisotopic (exact) mass is 498 g/mol. The Hall–Kier alpha value is -4.17. The highest BCUT2D eigenvalue weighted by Crippen LogP contribution is 2.35. The summed E-state index contributed by atoms with van der Waals surface area (Å²) in [6.45, 7) is 3.97. The number of carbonyl (C=O) groups is 1. The summed E-state index contributed by atoms with van der Waals surface area (Å²) in [6.07, 6.45) is 1.81. The SMILES string of the molecule is CCOC(=O)C1=C(C)N=c2s/c(=C/c3ccc4c(c3)OCO4)c(=O)n2[C@@H]1c1cccc2ccccc12. The summed E-state index contributed by atoms with van der Waals surface area (Å²) in [4.78, 5) is 32.2. The summed E-state index contributed by atoms with van der Waals surface area (Å²) in [5.41, 5.74) is 2.36. The zero-order valence-electron chi connectivity index (χ0n) is 19.7. The van der Waals surface area contributed by atoms with Gasteiger partial charge in [0.1, 0.15) is 0 Å². The van der Waals surface area contributed by atoms with Gasteiger partial charge < -0.3 is 14.2 Å². The van der Waals surface area contributed by atoms with E-state index in [1.807, 2.05) is 66.7 Å². The molecule has 8 heteroatoms. The minimum Gasteiger partial charge on any atom is -0.463 e. The zero-order valence-corrected chi connectivity index (χ0v) is 20.5. The molecule has 36 heavy (non-hydrogen) atoms. The first-order valence-corrected chi connectivity index (χ1v) is 12.4. The number of hydrogen-bond acceptors (Lipinski definition) is 7. The second kappa shape index (κ2) is 8.80. The molecule has 0 saturated carbocycles. The molecule has 1 aromatic heterocycles. The molecule has 7 nitrogen and oxygen atoms in total. The number of thiazole rings is 1. The van der Waals surface area contributed by atoms with Gasteiger partial charge in [-0.2, -0.15) is 0 Å². The maximum Gasteiger partial charge on any atom is 0.338 e. The number of fused-ring (bicyclic) bond motifs is 3. The van der Waals surface area contributed by atoms with Gasteiger partial charge in [-0.05, 0) is 54.0 Å². The molecule has 0 fully saturated rings.